The smallest absolute Gasteiger partial charge is 0.0412 e. The Hall–Kier alpha value is -2.83. The van der Waals surface area contributed by atoms with Crippen molar-refractivity contribution in [3.8, 4) is 11.1 Å². The van der Waals surface area contributed by atoms with Gasteiger partial charge in [-0.15, -0.1) is 0 Å². The van der Waals surface area contributed by atoms with Gasteiger partial charge in [-0.3, -0.25) is 0 Å². The minimum absolute atomic E-state index is 0.775. The summed E-state index contributed by atoms with van der Waals surface area (Å²) in [4.78, 5) is 0. The van der Waals surface area contributed by atoms with Gasteiger partial charge in [-0.25, -0.2) is 0 Å². The first kappa shape index (κ1) is 14.5. The van der Waals surface area contributed by atoms with Crippen LogP contribution in [0.2, 0.25) is 5.02 Å². The van der Waals surface area contributed by atoms with Crippen molar-refractivity contribution < 1.29 is 0 Å². The molecule has 0 fully saturated rings. The summed E-state index contributed by atoms with van der Waals surface area (Å²) in [6.07, 6.45) is 0. The monoisotopic (exact) mass is 338 g/mol. The molecule has 0 amide bonds. The summed E-state index contributed by atoms with van der Waals surface area (Å²) in [5.41, 5.74) is 2.52. The van der Waals surface area contributed by atoms with Gasteiger partial charge in [-0.2, -0.15) is 0 Å². The summed E-state index contributed by atoms with van der Waals surface area (Å²) in [5, 5.41) is 8.32. The lowest BCUT2D eigenvalue weighted by Gasteiger charge is -2.13. The summed E-state index contributed by atoms with van der Waals surface area (Å²) < 4.78 is 0. The van der Waals surface area contributed by atoms with Crippen molar-refractivity contribution in [2.75, 3.05) is 0 Å². The molecule has 0 atom stereocenters. The molecule has 0 aliphatic carbocycles. The van der Waals surface area contributed by atoms with E-state index in [0.717, 1.165) is 5.02 Å². The first-order valence-electron chi connectivity index (χ1n) is 8.40. The Bertz CT molecular complexity index is 1240. The highest BCUT2D eigenvalue weighted by Gasteiger charge is 2.10. The van der Waals surface area contributed by atoms with Crippen molar-refractivity contribution >= 4 is 43.9 Å². The number of hydrogen-bond acceptors (Lipinski definition) is 0. The summed E-state index contributed by atoms with van der Waals surface area (Å²) in [7, 11) is 0. The van der Waals surface area contributed by atoms with Gasteiger partial charge in [-0.05, 0) is 61.6 Å². The van der Waals surface area contributed by atoms with Crippen molar-refractivity contribution in [1.29, 1.82) is 0 Å². The van der Waals surface area contributed by atoms with Crippen molar-refractivity contribution in [2.45, 2.75) is 0 Å². The third-order valence-corrected chi connectivity index (χ3v) is 5.12. The van der Waals surface area contributed by atoms with E-state index in [9.17, 15) is 0 Å². The van der Waals surface area contributed by atoms with Gasteiger partial charge in [0.2, 0.25) is 0 Å². The predicted molar refractivity (Wildman–Crippen MR) is 109 cm³/mol. The second kappa shape index (κ2) is 5.61. The molecule has 0 aliphatic heterocycles. The van der Waals surface area contributed by atoms with Gasteiger partial charge >= 0.3 is 0 Å². The topological polar surface area (TPSA) is 0 Å². The standard InChI is InChI=1S/C24H15Cl/c25-19-12-13-20-17(14-19)10-11-18-15-23(16-6-2-1-3-7-16)21-8-4-5-9-22(21)24(18)20/h1-15H. The molecule has 0 aliphatic rings. The second-order valence-corrected chi connectivity index (χ2v) is 6.80. The molecule has 0 nitrogen and oxygen atoms in total. The average molecular weight is 339 g/mol. The molecule has 118 valence electrons. The maximum absolute atomic E-state index is 6.19. The number of halogens is 1. The summed E-state index contributed by atoms with van der Waals surface area (Å²) in [5.74, 6) is 0. The maximum atomic E-state index is 6.19. The number of rotatable bonds is 1. The minimum atomic E-state index is 0.775. The molecular weight excluding hydrogens is 324 g/mol. The van der Waals surface area contributed by atoms with Crippen LogP contribution in [0.3, 0.4) is 0 Å². The Balaban J connectivity index is 1.99. The Morgan fingerprint density at radius 1 is 0.520 bits per heavy atom. The Morgan fingerprint density at radius 3 is 2.08 bits per heavy atom. The maximum Gasteiger partial charge on any atom is 0.0412 e. The van der Waals surface area contributed by atoms with E-state index in [-0.39, 0.29) is 0 Å². The van der Waals surface area contributed by atoms with Gasteiger partial charge in [-0.1, -0.05) is 84.4 Å². The van der Waals surface area contributed by atoms with Crippen LogP contribution in [0.4, 0.5) is 0 Å². The largest absolute Gasteiger partial charge is 0.0843 e. The van der Waals surface area contributed by atoms with Crippen molar-refractivity contribution in [3.63, 3.8) is 0 Å². The molecule has 0 N–H and O–H groups in total. The highest BCUT2D eigenvalue weighted by atomic mass is 35.5. The predicted octanol–water partition coefficient (Wildman–Crippen LogP) is 7.47. The van der Waals surface area contributed by atoms with E-state index in [0.29, 0.717) is 0 Å². The lowest BCUT2D eigenvalue weighted by atomic mass is 9.91. The Labute approximate surface area is 151 Å². The van der Waals surface area contributed by atoms with Crippen LogP contribution in [0.1, 0.15) is 0 Å². The van der Waals surface area contributed by atoms with E-state index in [1.807, 2.05) is 12.1 Å². The zero-order valence-corrected chi connectivity index (χ0v) is 14.3. The van der Waals surface area contributed by atoms with E-state index in [2.05, 4.69) is 78.9 Å². The molecule has 0 unspecified atom stereocenters. The van der Waals surface area contributed by atoms with Gasteiger partial charge in [0.05, 0.1) is 0 Å². The number of benzene rings is 5. The van der Waals surface area contributed by atoms with Crippen LogP contribution < -0.4 is 0 Å². The van der Waals surface area contributed by atoms with Gasteiger partial charge in [0.25, 0.3) is 0 Å². The lowest BCUT2D eigenvalue weighted by molar-refractivity contribution is 1.67. The number of hydrogen-bond donors (Lipinski definition) is 0. The molecule has 0 saturated carbocycles. The van der Waals surface area contributed by atoms with Crippen LogP contribution in [0.5, 0.6) is 0 Å². The first-order valence-corrected chi connectivity index (χ1v) is 8.78. The van der Waals surface area contributed by atoms with Crippen molar-refractivity contribution in [1.82, 2.24) is 0 Å². The van der Waals surface area contributed by atoms with Crippen molar-refractivity contribution in [3.05, 3.63) is 96.0 Å². The highest BCUT2D eigenvalue weighted by Crippen LogP contribution is 2.38. The zero-order valence-electron chi connectivity index (χ0n) is 13.5. The molecule has 0 radical (unpaired) electrons. The summed E-state index contributed by atoms with van der Waals surface area (Å²) >= 11 is 6.19. The molecule has 5 aromatic carbocycles. The fourth-order valence-corrected chi connectivity index (χ4v) is 3.94. The van der Waals surface area contributed by atoms with Gasteiger partial charge in [0.15, 0.2) is 0 Å². The normalized spacial score (nSPS) is 11.4. The summed E-state index contributed by atoms with van der Waals surface area (Å²) in [6.45, 7) is 0. The number of fused-ring (bicyclic) bond motifs is 5. The fraction of sp³-hybridized carbons (Fsp3) is 0. The first-order chi connectivity index (χ1) is 12.3. The van der Waals surface area contributed by atoms with E-state index in [4.69, 9.17) is 11.6 Å². The SMILES string of the molecule is Clc1ccc2c(ccc3cc(-c4ccccc4)c4ccccc4c32)c1. The lowest BCUT2D eigenvalue weighted by Crippen LogP contribution is -1.86. The molecule has 0 spiro atoms. The van der Waals surface area contributed by atoms with Crippen LogP contribution >= 0.6 is 11.6 Å². The second-order valence-electron chi connectivity index (χ2n) is 6.36. The zero-order chi connectivity index (χ0) is 16.8. The van der Waals surface area contributed by atoms with Gasteiger partial charge < -0.3 is 0 Å². The molecule has 1 heteroatoms. The Kier molecular flexibility index (Phi) is 3.26. The molecule has 0 saturated heterocycles. The fourth-order valence-electron chi connectivity index (χ4n) is 3.76. The molecule has 0 bridgehead atoms. The molecular formula is C24H15Cl. The van der Waals surface area contributed by atoms with Crippen LogP contribution in [-0.4, -0.2) is 0 Å². The summed E-state index contributed by atoms with van der Waals surface area (Å²) in [6, 6.07) is 32.1. The van der Waals surface area contributed by atoms with Crippen molar-refractivity contribution in [2.24, 2.45) is 0 Å². The molecule has 5 aromatic rings. The van der Waals surface area contributed by atoms with Crippen LogP contribution in [0, 0.1) is 0 Å². The van der Waals surface area contributed by atoms with E-state index >= 15 is 0 Å². The van der Waals surface area contributed by atoms with Gasteiger partial charge in [0, 0.05) is 5.02 Å². The quantitative estimate of drug-likeness (QED) is 0.278. The third-order valence-electron chi connectivity index (χ3n) is 4.89. The third kappa shape index (κ3) is 2.30. The molecule has 0 heterocycles. The average Bonchev–Trinajstić information content (AvgIpc) is 2.67. The molecule has 0 aromatic heterocycles. The van der Waals surface area contributed by atoms with E-state index in [1.54, 1.807) is 0 Å². The Morgan fingerprint density at radius 2 is 1.24 bits per heavy atom. The van der Waals surface area contributed by atoms with Crippen LogP contribution in [0.25, 0.3) is 43.4 Å². The highest BCUT2D eigenvalue weighted by molar-refractivity contribution is 6.32. The van der Waals surface area contributed by atoms with Crippen LogP contribution in [-0.2, 0) is 0 Å². The van der Waals surface area contributed by atoms with Gasteiger partial charge in [0.1, 0.15) is 0 Å². The minimum Gasteiger partial charge on any atom is -0.0843 e. The van der Waals surface area contributed by atoms with E-state index < -0.39 is 0 Å². The van der Waals surface area contributed by atoms with Crippen LogP contribution in [0.15, 0.2) is 91.0 Å². The van der Waals surface area contributed by atoms with E-state index in [1.165, 1.54) is 43.4 Å². The molecule has 5 rings (SSSR count). The molecule has 25 heavy (non-hydrogen) atoms.